The Labute approximate surface area is 114 Å². The van der Waals surface area contributed by atoms with Crippen LogP contribution >= 0.6 is 0 Å². The van der Waals surface area contributed by atoms with Gasteiger partial charge >= 0.3 is 0 Å². The summed E-state index contributed by atoms with van der Waals surface area (Å²) in [5, 5.41) is 3.53. The minimum absolute atomic E-state index is 0.235. The predicted octanol–water partition coefficient (Wildman–Crippen LogP) is 3.90. The third kappa shape index (κ3) is 3.25. The summed E-state index contributed by atoms with van der Waals surface area (Å²) in [5.74, 6) is 1.09. The number of nitrogens with one attached hydrogen (secondary N) is 1. The highest BCUT2D eigenvalue weighted by molar-refractivity contribution is 5.53. The van der Waals surface area contributed by atoms with Crippen molar-refractivity contribution in [3.8, 4) is 5.88 Å². The minimum Gasteiger partial charge on any atom is -0.480 e. The third-order valence-corrected chi connectivity index (χ3v) is 3.10. The van der Waals surface area contributed by atoms with E-state index < -0.39 is 0 Å². The summed E-state index contributed by atoms with van der Waals surface area (Å²) in [6.07, 6.45) is 1.73. The van der Waals surface area contributed by atoms with Gasteiger partial charge in [0.25, 0.3) is 0 Å². The molecule has 1 heterocycles. The Morgan fingerprint density at radius 1 is 1.05 bits per heavy atom. The molecule has 0 aliphatic rings. The van der Waals surface area contributed by atoms with Gasteiger partial charge in [0, 0.05) is 6.20 Å². The second-order valence-electron chi connectivity index (χ2n) is 4.84. The van der Waals surface area contributed by atoms with Crippen molar-refractivity contribution in [2.45, 2.75) is 19.9 Å². The van der Waals surface area contributed by atoms with Crippen LogP contribution in [0.1, 0.15) is 25.5 Å². The molecule has 2 rings (SSSR count). The van der Waals surface area contributed by atoms with Gasteiger partial charge in [-0.15, -0.1) is 0 Å². The van der Waals surface area contributed by atoms with Crippen molar-refractivity contribution >= 4 is 5.69 Å². The molecule has 0 saturated heterocycles. The van der Waals surface area contributed by atoms with Crippen LogP contribution in [0.5, 0.6) is 5.88 Å². The van der Waals surface area contributed by atoms with Crippen molar-refractivity contribution in [1.29, 1.82) is 0 Å². The number of nitrogens with zero attached hydrogens (tertiary/aromatic N) is 1. The van der Waals surface area contributed by atoms with Gasteiger partial charge in [-0.25, -0.2) is 4.98 Å². The number of rotatable bonds is 5. The quantitative estimate of drug-likeness (QED) is 0.881. The number of aromatic nitrogens is 1. The first-order valence-corrected chi connectivity index (χ1v) is 6.53. The number of hydrogen-bond donors (Lipinski definition) is 1. The highest BCUT2D eigenvalue weighted by Crippen LogP contribution is 2.30. The first-order valence-electron chi connectivity index (χ1n) is 6.53. The molecule has 1 unspecified atom stereocenters. The maximum absolute atomic E-state index is 5.29. The highest BCUT2D eigenvalue weighted by atomic mass is 16.5. The lowest BCUT2D eigenvalue weighted by molar-refractivity contribution is 0.398. The standard InChI is InChI=1S/C16H20N2O/c1-12(2)15(13-8-5-4-6-9-13)18-14-10-7-11-17-16(14)19-3/h4-12,15,18H,1-3H3. The SMILES string of the molecule is COc1ncccc1NC(c1ccccc1)C(C)C. The van der Waals surface area contributed by atoms with E-state index in [0.29, 0.717) is 11.8 Å². The number of anilines is 1. The zero-order valence-electron chi connectivity index (χ0n) is 11.6. The van der Waals surface area contributed by atoms with E-state index in [2.05, 4.69) is 48.4 Å². The fourth-order valence-electron chi connectivity index (χ4n) is 2.13. The molecule has 0 fully saturated rings. The molecular weight excluding hydrogens is 236 g/mol. The Kier molecular flexibility index (Phi) is 4.39. The maximum Gasteiger partial charge on any atom is 0.237 e. The van der Waals surface area contributed by atoms with Crippen LogP contribution in [0.3, 0.4) is 0 Å². The molecule has 3 nitrogen and oxygen atoms in total. The van der Waals surface area contributed by atoms with Crippen LogP contribution in [0.2, 0.25) is 0 Å². The lowest BCUT2D eigenvalue weighted by Gasteiger charge is -2.24. The predicted molar refractivity (Wildman–Crippen MR) is 78.4 cm³/mol. The van der Waals surface area contributed by atoms with Gasteiger partial charge in [-0.2, -0.15) is 0 Å². The highest BCUT2D eigenvalue weighted by Gasteiger charge is 2.17. The van der Waals surface area contributed by atoms with E-state index in [9.17, 15) is 0 Å². The van der Waals surface area contributed by atoms with Gasteiger partial charge in [0.1, 0.15) is 0 Å². The molecule has 100 valence electrons. The number of ether oxygens (including phenoxy) is 1. The first-order chi connectivity index (χ1) is 9.22. The molecule has 1 aromatic heterocycles. The normalized spacial score (nSPS) is 12.2. The largest absolute Gasteiger partial charge is 0.480 e. The van der Waals surface area contributed by atoms with Crippen LogP contribution in [-0.4, -0.2) is 12.1 Å². The monoisotopic (exact) mass is 256 g/mol. The average Bonchev–Trinajstić information content (AvgIpc) is 2.45. The second kappa shape index (κ2) is 6.23. The van der Waals surface area contributed by atoms with Gasteiger partial charge in [0.05, 0.1) is 18.8 Å². The smallest absolute Gasteiger partial charge is 0.237 e. The fourth-order valence-corrected chi connectivity index (χ4v) is 2.13. The molecule has 0 aliphatic heterocycles. The molecule has 0 radical (unpaired) electrons. The van der Waals surface area contributed by atoms with Crippen LogP contribution in [0.4, 0.5) is 5.69 Å². The van der Waals surface area contributed by atoms with Crippen molar-refractivity contribution in [2.24, 2.45) is 5.92 Å². The molecule has 0 saturated carbocycles. The minimum atomic E-state index is 0.235. The Balaban J connectivity index is 2.27. The molecular formula is C16H20N2O. The van der Waals surface area contributed by atoms with Gasteiger partial charge < -0.3 is 10.1 Å². The summed E-state index contributed by atoms with van der Waals surface area (Å²) >= 11 is 0. The third-order valence-electron chi connectivity index (χ3n) is 3.10. The van der Waals surface area contributed by atoms with Crippen molar-refractivity contribution in [2.75, 3.05) is 12.4 Å². The van der Waals surface area contributed by atoms with Crippen LogP contribution < -0.4 is 10.1 Å². The van der Waals surface area contributed by atoms with Crippen LogP contribution in [0.25, 0.3) is 0 Å². The summed E-state index contributed by atoms with van der Waals surface area (Å²) in [4.78, 5) is 4.22. The van der Waals surface area contributed by atoms with Crippen molar-refractivity contribution < 1.29 is 4.74 Å². The molecule has 1 aromatic carbocycles. The number of pyridine rings is 1. The molecule has 0 bridgehead atoms. The molecule has 3 heteroatoms. The summed E-state index contributed by atoms with van der Waals surface area (Å²) < 4.78 is 5.29. The van der Waals surface area contributed by atoms with Crippen molar-refractivity contribution in [3.63, 3.8) is 0 Å². The fraction of sp³-hybridized carbons (Fsp3) is 0.312. The lowest BCUT2D eigenvalue weighted by Crippen LogP contribution is -2.17. The Bertz CT molecular complexity index is 511. The molecule has 1 N–H and O–H groups in total. The van der Waals surface area contributed by atoms with E-state index in [4.69, 9.17) is 4.74 Å². The van der Waals surface area contributed by atoms with E-state index in [0.717, 1.165) is 5.69 Å². The molecule has 0 aliphatic carbocycles. The van der Waals surface area contributed by atoms with Crippen LogP contribution in [0.15, 0.2) is 48.7 Å². The number of benzene rings is 1. The summed E-state index contributed by atoms with van der Waals surface area (Å²) in [6, 6.07) is 14.6. The Morgan fingerprint density at radius 3 is 2.42 bits per heavy atom. The molecule has 2 aromatic rings. The van der Waals surface area contributed by atoms with Gasteiger partial charge in [-0.1, -0.05) is 44.2 Å². The number of methoxy groups -OCH3 is 1. The van der Waals surface area contributed by atoms with Gasteiger partial charge in [-0.3, -0.25) is 0 Å². The summed E-state index contributed by atoms with van der Waals surface area (Å²) in [7, 11) is 1.64. The zero-order chi connectivity index (χ0) is 13.7. The van der Waals surface area contributed by atoms with Gasteiger partial charge in [0.15, 0.2) is 0 Å². The van der Waals surface area contributed by atoms with E-state index in [1.54, 1.807) is 13.3 Å². The summed E-state index contributed by atoms with van der Waals surface area (Å²) in [6.45, 7) is 4.40. The first kappa shape index (κ1) is 13.4. The topological polar surface area (TPSA) is 34.1 Å². The molecule has 19 heavy (non-hydrogen) atoms. The van der Waals surface area contributed by atoms with Gasteiger partial charge in [-0.05, 0) is 23.6 Å². The second-order valence-corrected chi connectivity index (χ2v) is 4.84. The Morgan fingerprint density at radius 2 is 1.79 bits per heavy atom. The van der Waals surface area contributed by atoms with Crippen molar-refractivity contribution in [3.05, 3.63) is 54.2 Å². The molecule has 0 spiro atoms. The molecule has 0 amide bonds. The molecule has 1 atom stereocenters. The lowest BCUT2D eigenvalue weighted by atomic mass is 9.96. The average molecular weight is 256 g/mol. The zero-order valence-corrected chi connectivity index (χ0v) is 11.6. The summed E-state index contributed by atoms with van der Waals surface area (Å²) in [5.41, 5.74) is 2.19. The van der Waals surface area contributed by atoms with E-state index in [-0.39, 0.29) is 6.04 Å². The van der Waals surface area contributed by atoms with E-state index >= 15 is 0 Å². The number of hydrogen-bond acceptors (Lipinski definition) is 3. The van der Waals surface area contributed by atoms with E-state index in [1.165, 1.54) is 5.56 Å². The van der Waals surface area contributed by atoms with Gasteiger partial charge in [0.2, 0.25) is 5.88 Å². The van der Waals surface area contributed by atoms with E-state index in [1.807, 2.05) is 18.2 Å². The van der Waals surface area contributed by atoms with Crippen LogP contribution in [0, 0.1) is 5.92 Å². The maximum atomic E-state index is 5.29. The van der Waals surface area contributed by atoms with Crippen molar-refractivity contribution in [1.82, 2.24) is 4.98 Å². The van der Waals surface area contributed by atoms with Crippen LogP contribution in [-0.2, 0) is 0 Å². The Hall–Kier alpha value is -2.03.